The second kappa shape index (κ2) is 6.14. The van der Waals surface area contributed by atoms with Crippen LogP contribution < -0.4 is 4.74 Å². The van der Waals surface area contributed by atoms with Crippen LogP contribution in [0.3, 0.4) is 0 Å². The van der Waals surface area contributed by atoms with Crippen molar-refractivity contribution in [2.24, 2.45) is 0 Å². The van der Waals surface area contributed by atoms with E-state index < -0.39 is 0 Å². The first-order valence-corrected chi connectivity index (χ1v) is 7.80. The van der Waals surface area contributed by atoms with Gasteiger partial charge in [0.15, 0.2) is 0 Å². The second-order valence-electron chi connectivity index (χ2n) is 4.91. The van der Waals surface area contributed by atoms with Gasteiger partial charge in [0, 0.05) is 6.42 Å². The molecular weight excluding hydrogens is 282 g/mol. The van der Waals surface area contributed by atoms with Gasteiger partial charge in [-0.25, -0.2) is 4.98 Å². The van der Waals surface area contributed by atoms with Crippen molar-refractivity contribution in [3.05, 3.63) is 58.8 Å². The lowest BCUT2D eigenvalue weighted by Crippen LogP contribution is -2.02. The molecule has 2 aromatic heterocycles. The van der Waals surface area contributed by atoms with Crippen molar-refractivity contribution in [1.82, 2.24) is 4.98 Å². The van der Waals surface area contributed by atoms with Crippen LogP contribution in [-0.4, -0.2) is 11.6 Å². The molecule has 1 aromatic carbocycles. The van der Waals surface area contributed by atoms with Gasteiger partial charge in [0.2, 0.25) is 5.89 Å². The lowest BCUT2D eigenvalue weighted by atomic mass is 10.2. The zero-order chi connectivity index (χ0) is 14.7. The van der Waals surface area contributed by atoms with Crippen LogP contribution in [0.1, 0.15) is 17.0 Å². The fraction of sp³-hybridized carbons (Fsp3) is 0.235. The molecule has 0 unspecified atom stereocenters. The fourth-order valence-electron chi connectivity index (χ4n) is 2.07. The van der Waals surface area contributed by atoms with Gasteiger partial charge in [-0.3, -0.25) is 0 Å². The van der Waals surface area contributed by atoms with Crippen LogP contribution in [0.5, 0.6) is 5.75 Å². The zero-order valence-electron chi connectivity index (χ0n) is 12.1. The molecule has 0 aliphatic heterocycles. The van der Waals surface area contributed by atoms with E-state index in [0.29, 0.717) is 12.5 Å². The molecule has 0 fully saturated rings. The molecule has 0 amide bonds. The number of hydrogen-bond donors (Lipinski definition) is 0. The predicted molar refractivity (Wildman–Crippen MR) is 84.9 cm³/mol. The molecular formula is C17H17NO2S. The smallest absolute Gasteiger partial charge is 0.236 e. The molecule has 0 atom stereocenters. The Kier molecular flexibility index (Phi) is 4.06. The van der Waals surface area contributed by atoms with Gasteiger partial charge in [0.05, 0.1) is 17.2 Å². The van der Waals surface area contributed by atoms with E-state index in [9.17, 15) is 0 Å². The Morgan fingerprint density at radius 1 is 1.14 bits per heavy atom. The van der Waals surface area contributed by atoms with Gasteiger partial charge in [0.1, 0.15) is 11.5 Å². The third-order valence-electron chi connectivity index (χ3n) is 3.25. The summed E-state index contributed by atoms with van der Waals surface area (Å²) in [7, 11) is 0. The molecule has 0 spiro atoms. The Bertz CT molecular complexity index is 699. The fourth-order valence-corrected chi connectivity index (χ4v) is 2.71. The van der Waals surface area contributed by atoms with Crippen molar-refractivity contribution in [1.29, 1.82) is 0 Å². The van der Waals surface area contributed by atoms with E-state index in [-0.39, 0.29) is 0 Å². The van der Waals surface area contributed by atoms with Gasteiger partial charge in [-0.1, -0.05) is 23.8 Å². The molecule has 4 heteroatoms. The van der Waals surface area contributed by atoms with E-state index in [1.807, 2.05) is 48.7 Å². The first-order chi connectivity index (χ1) is 10.2. The molecule has 108 valence electrons. The van der Waals surface area contributed by atoms with E-state index >= 15 is 0 Å². The molecule has 0 aliphatic rings. The van der Waals surface area contributed by atoms with E-state index in [4.69, 9.17) is 9.15 Å². The minimum atomic E-state index is 0.598. The van der Waals surface area contributed by atoms with Crippen molar-refractivity contribution >= 4 is 11.3 Å². The summed E-state index contributed by atoms with van der Waals surface area (Å²) in [6.07, 6.45) is 0.745. The summed E-state index contributed by atoms with van der Waals surface area (Å²) in [5, 5.41) is 2.02. The van der Waals surface area contributed by atoms with E-state index in [1.54, 1.807) is 11.3 Å². The van der Waals surface area contributed by atoms with Crippen LogP contribution in [0.4, 0.5) is 0 Å². The summed E-state index contributed by atoms with van der Waals surface area (Å²) < 4.78 is 11.5. The van der Waals surface area contributed by atoms with Gasteiger partial charge >= 0.3 is 0 Å². The molecule has 3 nitrogen and oxygen atoms in total. The van der Waals surface area contributed by atoms with Crippen LogP contribution in [0.15, 0.2) is 46.2 Å². The number of oxazole rings is 1. The molecule has 0 N–H and O–H groups in total. The number of benzene rings is 1. The van der Waals surface area contributed by atoms with Gasteiger partial charge in [-0.2, -0.15) is 0 Å². The summed E-state index contributed by atoms with van der Waals surface area (Å²) >= 11 is 1.63. The number of aromatic nitrogens is 1. The topological polar surface area (TPSA) is 35.3 Å². The second-order valence-corrected chi connectivity index (χ2v) is 5.86. The summed E-state index contributed by atoms with van der Waals surface area (Å²) in [5.41, 5.74) is 2.20. The summed E-state index contributed by atoms with van der Waals surface area (Å²) in [5.74, 6) is 2.46. The normalized spacial score (nSPS) is 10.8. The Labute approximate surface area is 128 Å². The van der Waals surface area contributed by atoms with Crippen LogP contribution in [0.2, 0.25) is 0 Å². The minimum Gasteiger partial charge on any atom is -0.493 e. The molecule has 21 heavy (non-hydrogen) atoms. The molecule has 3 rings (SSSR count). The Morgan fingerprint density at radius 2 is 1.95 bits per heavy atom. The van der Waals surface area contributed by atoms with Crippen molar-refractivity contribution in [2.75, 3.05) is 6.61 Å². The van der Waals surface area contributed by atoms with Crippen molar-refractivity contribution < 1.29 is 9.15 Å². The van der Waals surface area contributed by atoms with E-state index in [0.717, 1.165) is 28.5 Å². The lowest BCUT2D eigenvalue weighted by molar-refractivity contribution is 0.320. The number of aryl methyl sites for hydroxylation is 2. The number of thiophene rings is 1. The van der Waals surface area contributed by atoms with E-state index in [2.05, 4.69) is 11.9 Å². The molecule has 0 saturated heterocycles. The van der Waals surface area contributed by atoms with Crippen LogP contribution in [0.25, 0.3) is 10.8 Å². The summed E-state index contributed by atoms with van der Waals surface area (Å²) in [6.45, 7) is 4.61. The molecule has 0 bridgehead atoms. The van der Waals surface area contributed by atoms with Gasteiger partial charge in [0.25, 0.3) is 0 Å². The molecule has 3 aromatic rings. The average molecular weight is 299 g/mol. The highest BCUT2D eigenvalue weighted by molar-refractivity contribution is 7.13. The van der Waals surface area contributed by atoms with Crippen LogP contribution in [-0.2, 0) is 6.42 Å². The van der Waals surface area contributed by atoms with Crippen LogP contribution >= 0.6 is 11.3 Å². The largest absolute Gasteiger partial charge is 0.493 e. The molecule has 0 saturated carbocycles. The molecule has 0 aliphatic carbocycles. The maximum atomic E-state index is 5.74. The lowest BCUT2D eigenvalue weighted by Gasteiger charge is -2.05. The monoisotopic (exact) mass is 299 g/mol. The highest BCUT2D eigenvalue weighted by Gasteiger charge is 2.12. The maximum Gasteiger partial charge on any atom is 0.236 e. The third-order valence-corrected chi connectivity index (χ3v) is 4.11. The first-order valence-electron chi connectivity index (χ1n) is 6.92. The average Bonchev–Trinajstić information content (AvgIpc) is 3.11. The van der Waals surface area contributed by atoms with Gasteiger partial charge in [-0.15, -0.1) is 11.3 Å². The first kappa shape index (κ1) is 13.9. The molecule has 0 radical (unpaired) electrons. The highest BCUT2D eigenvalue weighted by atomic mass is 32.1. The SMILES string of the molecule is Cc1ccc(OCCc2nc(-c3cccs3)oc2C)cc1. The van der Waals surface area contributed by atoms with Gasteiger partial charge in [-0.05, 0) is 37.4 Å². The van der Waals surface area contributed by atoms with Crippen molar-refractivity contribution in [2.45, 2.75) is 20.3 Å². The zero-order valence-corrected chi connectivity index (χ0v) is 12.9. The summed E-state index contributed by atoms with van der Waals surface area (Å²) in [6, 6.07) is 12.1. The Hall–Kier alpha value is -2.07. The van der Waals surface area contributed by atoms with Crippen molar-refractivity contribution in [3.8, 4) is 16.5 Å². The Morgan fingerprint density at radius 3 is 2.67 bits per heavy atom. The number of hydrogen-bond acceptors (Lipinski definition) is 4. The standard InChI is InChI=1S/C17H17NO2S/c1-12-5-7-14(8-6-12)19-10-9-15-13(2)20-17(18-15)16-4-3-11-21-16/h3-8,11H,9-10H2,1-2H3. The quantitative estimate of drug-likeness (QED) is 0.688. The van der Waals surface area contributed by atoms with Crippen LogP contribution in [0, 0.1) is 13.8 Å². The molecule has 2 heterocycles. The minimum absolute atomic E-state index is 0.598. The maximum absolute atomic E-state index is 5.74. The Balaban J connectivity index is 1.62. The van der Waals surface area contributed by atoms with Gasteiger partial charge < -0.3 is 9.15 Å². The number of rotatable bonds is 5. The highest BCUT2D eigenvalue weighted by Crippen LogP contribution is 2.26. The predicted octanol–water partition coefficient (Wildman–Crippen LogP) is 4.64. The number of nitrogens with zero attached hydrogens (tertiary/aromatic N) is 1. The van der Waals surface area contributed by atoms with Crippen molar-refractivity contribution in [3.63, 3.8) is 0 Å². The number of ether oxygens (including phenoxy) is 1. The summed E-state index contributed by atoms with van der Waals surface area (Å²) in [4.78, 5) is 5.62. The van der Waals surface area contributed by atoms with E-state index in [1.165, 1.54) is 5.56 Å². The third kappa shape index (κ3) is 3.34.